The lowest BCUT2D eigenvalue weighted by Crippen LogP contribution is -2.51. The number of hydrogen-bond donors (Lipinski definition) is 3. The molecule has 2 aromatic heterocycles. The molecule has 1 saturated carbocycles. The summed E-state index contributed by atoms with van der Waals surface area (Å²) in [6.07, 6.45) is 10.7. The van der Waals surface area contributed by atoms with E-state index in [1.165, 1.54) is 5.01 Å². The fourth-order valence-electron chi connectivity index (χ4n) is 4.65. The van der Waals surface area contributed by atoms with Gasteiger partial charge in [-0.1, -0.05) is 31.7 Å². The smallest absolute Gasteiger partial charge is 0.250 e. The van der Waals surface area contributed by atoms with Crippen molar-refractivity contribution in [1.29, 1.82) is 0 Å². The van der Waals surface area contributed by atoms with Crippen LogP contribution in [0.4, 0.5) is 5.82 Å². The summed E-state index contributed by atoms with van der Waals surface area (Å²) in [5.74, 6) is 0.128. The van der Waals surface area contributed by atoms with Gasteiger partial charge in [-0.3, -0.25) is 29.2 Å². The van der Waals surface area contributed by atoms with Crippen LogP contribution in [0.15, 0.2) is 36.9 Å². The Labute approximate surface area is 191 Å². The standard InChI is InChI=1S/C22H29N7O4/c30-15-28(33)13-17(12-16-4-1-2-5-16)22(32)29-18(8-9-24-29)21(31)26-19-6-3-7-20(25-19)27-11-10-23-14-27/h3,6-7,10-11,14-18,24,33H,1-2,4-5,8-9,12-13H2,(H,25,26,31)/t17-,18+/m1/s1. The molecule has 3 heterocycles. The molecular weight excluding hydrogens is 426 g/mol. The summed E-state index contributed by atoms with van der Waals surface area (Å²) in [5.41, 5.74) is 3.01. The number of hydrazine groups is 1. The molecule has 3 N–H and O–H groups in total. The van der Waals surface area contributed by atoms with Gasteiger partial charge in [0.2, 0.25) is 18.2 Å². The molecule has 0 radical (unpaired) electrons. The molecule has 11 heteroatoms. The average molecular weight is 456 g/mol. The van der Waals surface area contributed by atoms with E-state index in [1.807, 2.05) is 0 Å². The lowest BCUT2D eigenvalue weighted by molar-refractivity contribution is -0.159. The quantitative estimate of drug-likeness (QED) is 0.295. The Kier molecular flexibility index (Phi) is 7.30. The van der Waals surface area contributed by atoms with Crippen LogP contribution in [0, 0.1) is 11.8 Å². The summed E-state index contributed by atoms with van der Waals surface area (Å²) in [6.45, 7) is 0.374. The molecule has 33 heavy (non-hydrogen) atoms. The van der Waals surface area contributed by atoms with Gasteiger partial charge in [0.05, 0.1) is 12.5 Å². The van der Waals surface area contributed by atoms with Gasteiger partial charge in [-0.25, -0.2) is 20.5 Å². The van der Waals surface area contributed by atoms with E-state index in [1.54, 1.807) is 41.5 Å². The first-order valence-electron chi connectivity index (χ1n) is 11.3. The van der Waals surface area contributed by atoms with E-state index in [0.717, 1.165) is 25.7 Å². The van der Waals surface area contributed by atoms with Gasteiger partial charge >= 0.3 is 0 Å². The molecule has 2 atom stereocenters. The van der Waals surface area contributed by atoms with Crippen molar-refractivity contribution in [2.24, 2.45) is 11.8 Å². The van der Waals surface area contributed by atoms with Gasteiger partial charge in [-0.15, -0.1) is 0 Å². The molecule has 0 aromatic carbocycles. The maximum Gasteiger partial charge on any atom is 0.250 e. The first kappa shape index (κ1) is 22.9. The number of nitrogens with zero attached hydrogens (tertiary/aromatic N) is 5. The molecule has 1 aliphatic carbocycles. The second-order valence-corrected chi connectivity index (χ2v) is 8.57. The van der Waals surface area contributed by atoms with Crippen molar-refractivity contribution in [1.82, 2.24) is 30.0 Å². The van der Waals surface area contributed by atoms with Crippen LogP contribution in [0.5, 0.6) is 0 Å². The third-order valence-electron chi connectivity index (χ3n) is 6.28. The van der Waals surface area contributed by atoms with Gasteiger partial charge in [0.1, 0.15) is 24.0 Å². The van der Waals surface area contributed by atoms with Crippen LogP contribution < -0.4 is 10.7 Å². The Hall–Kier alpha value is -3.31. The number of pyridine rings is 1. The maximum absolute atomic E-state index is 13.4. The number of rotatable bonds is 9. The van der Waals surface area contributed by atoms with Crippen LogP contribution in [0.3, 0.4) is 0 Å². The van der Waals surface area contributed by atoms with Crippen LogP contribution in [0.2, 0.25) is 0 Å². The molecule has 2 aliphatic rings. The molecule has 1 saturated heterocycles. The summed E-state index contributed by atoms with van der Waals surface area (Å²) in [6, 6.07) is 4.54. The highest BCUT2D eigenvalue weighted by atomic mass is 16.5. The van der Waals surface area contributed by atoms with Crippen molar-refractivity contribution in [2.75, 3.05) is 18.4 Å². The molecule has 2 fully saturated rings. The predicted octanol–water partition coefficient (Wildman–Crippen LogP) is 1.36. The third-order valence-corrected chi connectivity index (χ3v) is 6.28. The van der Waals surface area contributed by atoms with Gasteiger partial charge < -0.3 is 5.32 Å². The number of amides is 3. The van der Waals surface area contributed by atoms with Crippen LogP contribution >= 0.6 is 0 Å². The van der Waals surface area contributed by atoms with E-state index in [0.29, 0.717) is 48.4 Å². The largest absolute Gasteiger partial charge is 0.309 e. The molecule has 2 aromatic rings. The molecule has 0 bridgehead atoms. The molecular formula is C22H29N7O4. The third kappa shape index (κ3) is 5.55. The Balaban J connectivity index is 1.45. The van der Waals surface area contributed by atoms with E-state index >= 15 is 0 Å². The zero-order valence-corrected chi connectivity index (χ0v) is 18.3. The van der Waals surface area contributed by atoms with Crippen molar-refractivity contribution < 1.29 is 19.6 Å². The summed E-state index contributed by atoms with van der Waals surface area (Å²) >= 11 is 0. The van der Waals surface area contributed by atoms with E-state index in [-0.39, 0.29) is 18.4 Å². The highest BCUT2D eigenvalue weighted by Gasteiger charge is 2.39. The van der Waals surface area contributed by atoms with Crippen molar-refractivity contribution in [3.63, 3.8) is 0 Å². The van der Waals surface area contributed by atoms with Crippen molar-refractivity contribution in [3.05, 3.63) is 36.9 Å². The van der Waals surface area contributed by atoms with Crippen molar-refractivity contribution in [2.45, 2.75) is 44.6 Å². The van der Waals surface area contributed by atoms with Crippen LogP contribution in [-0.2, 0) is 14.4 Å². The van der Waals surface area contributed by atoms with Crippen LogP contribution in [0.1, 0.15) is 38.5 Å². The summed E-state index contributed by atoms with van der Waals surface area (Å²) < 4.78 is 1.73. The summed E-state index contributed by atoms with van der Waals surface area (Å²) in [5, 5.41) is 14.4. The normalized spacial score (nSPS) is 19.4. The van der Waals surface area contributed by atoms with E-state index < -0.39 is 12.0 Å². The number of imidazole rings is 1. The number of anilines is 1. The van der Waals surface area contributed by atoms with Crippen LogP contribution in [0.25, 0.3) is 5.82 Å². The molecule has 11 nitrogen and oxygen atoms in total. The number of nitrogens with one attached hydrogen (secondary N) is 2. The van der Waals surface area contributed by atoms with Gasteiger partial charge in [-0.2, -0.15) is 0 Å². The zero-order chi connectivity index (χ0) is 23.2. The Morgan fingerprint density at radius 1 is 1.30 bits per heavy atom. The predicted molar refractivity (Wildman–Crippen MR) is 118 cm³/mol. The highest BCUT2D eigenvalue weighted by Crippen LogP contribution is 2.31. The minimum absolute atomic E-state index is 0.0974. The fourth-order valence-corrected chi connectivity index (χ4v) is 4.65. The topological polar surface area (TPSA) is 133 Å². The highest BCUT2D eigenvalue weighted by molar-refractivity contribution is 5.97. The SMILES string of the molecule is O=CN(O)C[C@@H](CC1CCCC1)C(=O)N1NCC[C@H]1C(=O)Nc1cccc(-n2ccnc2)n1. The first-order chi connectivity index (χ1) is 16.0. The number of carbonyl (C=O) groups is 3. The fraction of sp³-hybridized carbons (Fsp3) is 0.500. The Morgan fingerprint density at radius 3 is 2.85 bits per heavy atom. The number of aromatic nitrogens is 3. The lowest BCUT2D eigenvalue weighted by Gasteiger charge is -2.29. The molecule has 4 rings (SSSR count). The summed E-state index contributed by atoms with van der Waals surface area (Å²) in [4.78, 5) is 45.8. The Morgan fingerprint density at radius 2 is 2.12 bits per heavy atom. The van der Waals surface area contributed by atoms with Crippen molar-refractivity contribution >= 4 is 24.0 Å². The van der Waals surface area contributed by atoms with Crippen molar-refractivity contribution in [3.8, 4) is 5.82 Å². The molecule has 176 valence electrons. The minimum Gasteiger partial charge on any atom is -0.309 e. The maximum atomic E-state index is 13.4. The van der Waals surface area contributed by atoms with Gasteiger partial charge in [0.25, 0.3) is 0 Å². The molecule has 0 unspecified atom stereocenters. The van der Waals surface area contributed by atoms with Crippen LogP contribution in [-0.4, -0.2) is 67.2 Å². The monoisotopic (exact) mass is 455 g/mol. The van der Waals surface area contributed by atoms with E-state index in [9.17, 15) is 19.6 Å². The zero-order valence-electron chi connectivity index (χ0n) is 18.3. The van der Waals surface area contributed by atoms with E-state index in [4.69, 9.17) is 0 Å². The van der Waals surface area contributed by atoms with E-state index in [2.05, 4.69) is 20.7 Å². The van der Waals surface area contributed by atoms with Gasteiger partial charge in [0, 0.05) is 18.9 Å². The molecule has 0 spiro atoms. The molecule has 1 aliphatic heterocycles. The Bertz CT molecular complexity index is 961. The first-order valence-corrected chi connectivity index (χ1v) is 11.3. The lowest BCUT2D eigenvalue weighted by atomic mass is 9.92. The second-order valence-electron chi connectivity index (χ2n) is 8.57. The average Bonchev–Trinajstić information content (AvgIpc) is 3.61. The minimum atomic E-state index is -0.717. The number of hydrogen-bond acceptors (Lipinski definition) is 7. The number of carbonyl (C=O) groups excluding carboxylic acids is 3. The second kappa shape index (κ2) is 10.5. The summed E-state index contributed by atoms with van der Waals surface area (Å²) in [7, 11) is 0. The number of hydroxylamine groups is 2. The molecule has 3 amide bonds. The van der Waals surface area contributed by atoms with Gasteiger partial charge in [-0.05, 0) is 30.9 Å². The van der Waals surface area contributed by atoms with Gasteiger partial charge in [0.15, 0.2) is 0 Å².